The molecule has 4 atom stereocenters. The van der Waals surface area contributed by atoms with E-state index in [1.54, 1.807) is 60.5 Å². The first kappa shape index (κ1) is 24.3. The van der Waals surface area contributed by atoms with E-state index < -0.39 is 35.8 Å². The van der Waals surface area contributed by atoms with Crippen LogP contribution >= 0.6 is 15.9 Å². The average molecular weight is 571 g/mol. The van der Waals surface area contributed by atoms with Gasteiger partial charge in [-0.2, -0.15) is 0 Å². The summed E-state index contributed by atoms with van der Waals surface area (Å²) < 4.78 is 6.00. The van der Waals surface area contributed by atoms with Crippen LogP contribution in [0.4, 0.5) is 5.69 Å². The molecule has 0 radical (unpaired) electrons. The molecule has 3 heterocycles. The Morgan fingerprint density at radius 3 is 2.39 bits per heavy atom. The summed E-state index contributed by atoms with van der Waals surface area (Å²) in [5.74, 6) is -3.31. The van der Waals surface area contributed by atoms with Crippen LogP contribution in [0.15, 0.2) is 95.1 Å². The van der Waals surface area contributed by atoms with Gasteiger partial charge in [0.1, 0.15) is 6.04 Å². The number of rotatable bonds is 5. The van der Waals surface area contributed by atoms with Crippen molar-refractivity contribution in [1.82, 2.24) is 4.90 Å². The lowest BCUT2D eigenvalue weighted by Crippen LogP contribution is -2.46. The summed E-state index contributed by atoms with van der Waals surface area (Å²) in [5, 5.41) is 1.67. The summed E-state index contributed by atoms with van der Waals surface area (Å²) in [5.41, 5.74) is 1.23. The minimum Gasteiger partial charge on any atom is -0.462 e. The normalized spacial score (nSPS) is 23.9. The van der Waals surface area contributed by atoms with Crippen LogP contribution in [-0.4, -0.2) is 47.2 Å². The van der Waals surface area contributed by atoms with Crippen molar-refractivity contribution in [3.63, 3.8) is 0 Å². The van der Waals surface area contributed by atoms with E-state index in [9.17, 15) is 19.2 Å². The van der Waals surface area contributed by atoms with Gasteiger partial charge in [0, 0.05) is 21.6 Å². The van der Waals surface area contributed by atoms with Gasteiger partial charge in [-0.15, -0.1) is 0 Å². The minimum atomic E-state index is -0.912. The molecule has 6 rings (SSSR count). The number of imide groups is 1. The standard InChI is InChI=1S/C30H23BrN2O5/c1-2-38-30(37)19-14-15-32-23(16-19)24-25(26(32)27(34)18-10-12-20(31)13-11-18)29(36)33(28(24)35)22-9-5-7-17-6-3-4-8-21(17)22/h3-16,23-26H,2H2,1H3/t23-,24+,25+,26-/m1/s1. The molecule has 3 aromatic carbocycles. The second kappa shape index (κ2) is 9.36. The van der Waals surface area contributed by atoms with E-state index in [1.807, 2.05) is 36.4 Å². The second-order valence-corrected chi connectivity index (χ2v) is 10.4. The van der Waals surface area contributed by atoms with Crippen molar-refractivity contribution in [2.75, 3.05) is 11.5 Å². The zero-order valence-electron chi connectivity index (χ0n) is 20.4. The molecule has 8 heteroatoms. The largest absolute Gasteiger partial charge is 0.462 e. The Labute approximate surface area is 227 Å². The van der Waals surface area contributed by atoms with Crippen molar-refractivity contribution in [3.8, 4) is 0 Å². The second-order valence-electron chi connectivity index (χ2n) is 9.47. The Kier molecular flexibility index (Phi) is 5.99. The lowest BCUT2D eigenvalue weighted by atomic mass is 9.86. The van der Waals surface area contributed by atoms with Gasteiger partial charge >= 0.3 is 5.97 Å². The zero-order valence-corrected chi connectivity index (χ0v) is 22.0. The van der Waals surface area contributed by atoms with Gasteiger partial charge in [-0.05, 0) is 42.7 Å². The zero-order chi connectivity index (χ0) is 26.6. The first-order valence-corrected chi connectivity index (χ1v) is 13.2. The number of hydrogen-bond acceptors (Lipinski definition) is 6. The number of hydrogen-bond donors (Lipinski definition) is 0. The first-order valence-electron chi connectivity index (χ1n) is 12.4. The highest BCUT2D eigenvalue weighted by molar-refractivity contribution is 9.10. The van der Waals surface area contributed by atoms with Crippen LogP contribution in [0.1, 0.15) is 17.3 Å². The maximum Gasteiger partial charge on any atom is 0.337 e. The van der Waals surface area contributed by atoms with Crippen LogP contribution in [0, 0.1) is 11.8 Å². The van der Waals surface area contributed by atoms with E-state index >= 15 is 0 Å². The van der Waals surface area contributed by atoms with Crippen LogP contribution in [-0.2, 0) is 19.1 Å². The summed E-state index contributed by atoms with van der Waals surface area (Å²) >= 11 is 3.39. The van der Waals surface area contributed by atoms with E-state index in [0.29, 0.717) is 16.8 Å². The van der Waals surface area contributed by atoms with Crippen molar-refractivity contribution in [1.29, 1.82) is 0 Å². The molecule has 190 valence electrons. The summed E-state index contributed by atoms with van der Waals surface area (Å²) in [4.78, 5) is 57.5. The number of Topliss-reactive ketones (excluding diaryl/α,β-unsaturated/α-hetero) is 1. The molecule has 0 saturated carbocycles. The van der Waals surface area contributed by atoms with Crippen molar-refractivity contribution in [2.45, 2.75) is 19.0 Å². The maximum atomic E-state index is 14.1. The molecule has 2 fully saturated rings. The smallest absolute Gasteiger partial charge is 0.337 e. The number of ether oxygens (including phenoxy) is 1. The summed E-state index contributed by atoms with van der Waals surface area (Å²) in [6, 6.07) is 18.4. The molecule has 0 bridgehead atoms. The molecular weight excluding hydrogens is 548 g/mol. The SMILES string of the molecule is CCOC(=O)C1=C[C@@H]2[C@@H]3C(=O)N(c4cccc5ccccc45)C(=O)[C@@H]3[C@H](C(=O)c3ccc(Br)cc3)N2C=C1. The molecule has 0 aliphatic carbocycles. The van der Waals surface area contributed by atoms with Gasteiger partial charge in [0.2, 0.25) is 11.8 Å². The topological polar surface area (TPSA) is 84.0 Å². The summed E-state index contributed by atoms with van der Waals surface area (Å²) in [6.07, 6.45) is 4.87. The number of benzene rings is 3. The van der Waals surface area contributed by atoms with Gasteiger partial charge in [0.15, 0.2) is 5.78 Å². The number of carbonyl (C=O) groups is 4. The average Bonchev–Trinajstić information content (AvgIpc) is 3.40. The fraction of sp³-hybridized carbons (Fsp3) is 0.200. The molecule has 3 aromatic rings. The molecule has 0 aromatic heterocycles. The third kappa shape index (κ3) is 3.70. The number of carbonyl (C=O) groups excluding carboxylic acids is 4. The van der Waals surface area contributed by atoms with E-state index in [1.165, 1.54) is 4.90 Å². The maximum absolute atomic E-state index is 14.1. The Bertz CT molecular complexity index is 1560. The third-order valence-electron chi connectivity index (χ3n) is 7.46. The molecule has 0 spiro atoms. The third-order valence-corrected chi connectivity index (χ3v) is 7.99. The Morgan fingerprint density at radius 1 is 0.921 bits per heavy atom. The van der Waals surface area contributed by atoms with Gasteiger partial charge in [-0.25, -0.2) is 9.69 Å². The number of anilines is 1. The minimum absolute atomic E-state index is 0.210. The molecule has 0 N–H and O–H groups in total. The van der Waals surface area contributed by atoms with Crippen LogP contribution in [0.2, 0.25) is 0 Å². The monoisotopic (exact) mass is 570 g/mol. The first-order chi connectivity index (χ1) is 18.4. The molecule has 2 amide bonds. The van der Waals surface area contributed by atoms with Crippen LogP contribution in [0.3, 0.4) is 0 Å². The van der Waals surface area contributed by atoms with Crippen molar-refractivity contribution < 1.29 is 23.9 Å². The van der Waals surface area contributed by atoms with Gasteiger partial charge in [-0.3, -0.25) is 14.4 Å². The molecule has 38 heavy (non-hydrogen) atoms. The number of halogens is 1. The lowest BCUT2D eigenvalue weighted by molar-refractivity contribution is -0.138. The number of nitrogens with zero attached hydrogens (tertiary/aromatic N) is 2. The number of esters is 1. The van der Waals surface area contributed by atoms with Crippen molar-refractivity contribution in [2.24, 2.45) is 11.8 Å². The van der Waals surface area contributed by atoms with E-state index in [2.05, 4.69) is 15.9 Å². The predicted octanol–water partition coefficient (Wildman–Crippen LogP) is 4.66. The molecule has 2 saturated heterocycles. The van der Waals surface area contributed by atoms with Gasteiger partial charge in [-0.1, -0.05) is 64.5 Å². The molecule has 3 aliphatic heterocycles. The van der Waals surface area contributed by atoms with Crippen LogP contribution in [0.5, 0.6) is 0 Å². The predicted molar refractivity (Wildman–Crippen MR) is 145 cm³/mol. The van der Waals surface area contributed by atoms with E-state index in [0.717, 1.165) is 15.2 Å². The van der Waals surface area contributed by atoms with Crippen molar-refractivity contribution >= 4 is 56.0 Å². The molecule has 7 nitrogen and oxygen atoms in total. The number of ketones is 1. The van der Waals surface area contributed by atoms with Gasteiger partial charge in [0.05, 0.1) is 35.7 Å². The fourth-order valence-corrected chi connectivity index (χ4v) is 6.09. The highest BCUT2D eigenvalue weighted by Gasteiger charge is 2.63. The van der Waals surface area contributed by atoms with Crippen LogP contribution in [0.25, 0.3) is 10.8 Å². The Hall–Kier alpha value is -4.04. The molecule has 0 unspecified atom stereocenters. The lowest BCUT2D eigenvalue weighted by Gasteiger charge is -2.32. The summed E-state index contributed by atoms with van der Waals surface area (Å²) in [7, 11) is 0. The van der Waals surface area contributed by atoms with E-state index in [-0.39, 0.29) is 18.3 Å². The fourth-order valence-electron chi connectivity index (χ4n) is 5.82. The van der Waals surface area contributed by atoms with Gasteiger partial charge < -0.3 is 9.64 Å². The number of fused-ring (bicyclic) bond motifs is 4. The highest BCUT2D eigenvalue weighted by atomic mass is 79.9. The summed E-state index contributed by atoms with van der Waals surface area (Å²) in [6.45, 7) is 1.93. The van der Waals surface area contributed by atoms with Crippen molar-refractivity contribution in [3.05, 3.63) is 101 Å². The quantitative estimate of drug-likeness (QED) is 0.252. The molecule has 3 aliphatic rings. The van der Waals surface area contributed by atoms with Gasteiger partial charge in [0.25, 0.3) is 0 Å². The van der Waals surface area contributed by atoms with E-state index in [4.69, 9.17) is 4.74 Å². The Balaban J connectivity index is 1.47. The molecular formula is C30H23BrN2O5. The highest BCUT2D eigenvalue weighted by Crippen LogP contribution is 2.48. The number of amides is 2. The Morgan fingerprint density at radius 2 is 1.63 bits per heavy atom. The van der Waals surface area contributed by atoms with Crippen LogP contribution < -0.4 is 4.90 Å².